The number of hydrogen-bond donors (Lipinski definition) is 1. The van der Waals surface area contributed by atoms with Gasteiger partial charge in [0, 0.05) is 7.05 Å². The average molecular weight is 316 g/mol. The molecule has 0 saturated carbocycles. The Kier molecular flexibility index (Phi) is 3.41. The summed E-state index contributed by atoms with van der Waals surface area (Å²) in [6, 6.07) is 0. The van der Waals surface area contributed by atoms with E-state index in [0.29, 0.717) is 11.3 Å². The van der Waals surface area contributed by atoms with Crippen LogP contribution in [0.15, 0.2) is 9.98 Å². The Morgan fingerprint density at radius 2 is 2.35 bits per heavy atom. The van der Waals surface area contributed by atoms with E-state index in [1.807, 2.05) is 6.92 Å². The van der Waals surface area contributed by atoms with Gasteiger partial charge in [0.15, 0.2) is 0 Å². The van der Waals surface area contributed by atoms with E-state index in [2.05, 4.69) is 26.0 Å². The van der Waals surface area contributed by atoms with E-state index in [0.717, 1.165) is 14.5 Å². The topological polar surface area (TPSA) is 68.0 Å². The number of Topliss-reactive ketones (excluding diaryl/α,β-unsaturated/α-hetero) is 1. The van der Waals surface area contributed by atoms with Crippen LogP contribution in [0.1, 0.15) is 16.2 Å². The first-order valence-corrected chi connectivity index (χ1v) is 6.45. The first-order chi connectivity index (χ1) is 8.04. The van der Waals surface area contributed by atoms with Crippen LogP contribution in [0.25, 0.3) is 10.6 Å². The summed E-state index contributed by atoms with van der Waals surface area (Å²) in [6.07, 6.45) is 1.59. The summed E-state index contributed by atoms with van der Waals surface area (Å²) in [7, 11) is 1.67. The van der Waals surface area contributed by atoms with E-state index in [9.17, 15) is 4.79 Å². The minimum atomic E-state index is -0.530. The van der Waals surface area contributed by atoms with Crippen molar-refractivity contribution in [3.05, 3.63) is 21.4 Å². The number of rotatable bonds is 3. The largest absolute Gasteiger partial charge is 0.388 e. The number of carbonyl (C=O) groups is 1. The SMILES string of the molecule is Cc1nc(-c2cnn(C)c2C(=O)CO)sc1Br. The third-order valence-electron chi connectivity index (χ3n) is 2.32. The van der Waals surface area contributed by atoms with Gasteiger partial charge in [0.25, 0.3) is 0 Å². The molecule has 7 heteroatoms. The Morgan fingerprint density at radius 3 is 2.88 bits per heavy atom. The summed E-state index contributed by atoms with van der Waals surface area (Å²) in [6.45, 7) is 1.35. The smallest absolute Gasteiger partial charge is 0.206 e. The van der Waals surface area contributed by atoms with Gasteiger partial charge in [-0.25, -0.2) is 4.98 Å². The molecule has 0 atom stereocenters. The van der Waals surface area contributed by atoms with Crippen molar-refractivity contribution in [2.24, 2.45) is 7.05 Å². The minimum absolute atomic E-state index is 0.357. The summed E-state index contributed by atoms with van der Waals surface area (Å²) in [5.41, 5.74) is 1.91. The zero-order valence-corrected chi connectivity index (χ0v) is 11.7. The molecule has 0 bridgehead atoms. The highest BCUT2D eigenvalue weighted by Crippen LogP contribution is 2.33. The number of thiazole rings is 1. The Hall–Kier alpha value is -1.05. The number of nitrogens with zero attached hydrogens (tertiary/aromatic N) is 3. The first-order valence-electron chi connectivity index (χ1n) is 4.84. The van der Waals surface area contributed by atoms with Gasteiger partial charge in [0.2, 0.25) is 5.78 Å². The lowest BCUT2D eigenvalue weighted by Gasteiger charge is -2.00. The zero-order valence-electron chi connectivity index (χ0n) is 9.27. The van der Waals surface area contributed by atoms with Crippen molar-refractivity contribution < 1.29 is 9.90 Å². The van der Waals surface area contributed by atoms with E-state index in [4.69, 9.17) is 5.11 Å². The number of aromatic nitrogens is 3. The van der Waals surface area contributed by atoms with Crippen molar-refractivity contribution in [3.63, 3.8) is 0 Å². The second-order valence-corrected chi connectivity index (χ2v) is 5.81. The number of aryl methyl sites for hydroxylation is 2. The molecule has 0 aliphatic rings. The van der Waals surface area contributed by atoms with E-state index in [-0.39, 0.29) is 5.78 Å². The van der Waals surface area contributed by atoms with Crippen molar-refractivity contribution in [2.45, 2.75) is 6.92 Å². The third-order valence-corrected chi connectivity index (χ3v) is 4.36. The number of aliphatic hydroxyl groups is 1. The second kappa shape index (κ2) is 4.67. The normalized spacial score (nSPS) is 10.8. The lowest BCUT2D eigenvalue weighted by Crippen LogP contribution is -2.11. The highest BCUT2D eigenvalue weighted by molar-refractivity contribution is 9.11. The van der Waals surface area contributed by atoms with Crippen LogP contribution >= 0.6 is 27.3 Å². The molecule has 0 spiro atoms. The van der Waals surface area contributed by atoms with Gasteiger partial charge < -0.3 is 5.11 Å². The fourth-order valence-electron chi connectivity index (χ4n) is 1.49. The summed E-state index contributed by atoms with van der Waals surface area (Å²) in [5.74, 6) is -0.357. The molecule has 2 aromatic rings. The second-order valence-electron chi connectivity index (χ2n) is 3.49. The van der Waals surface area contributed by atoms with Crippen molar-refractivity contribution >= 4 is 33.0 Å². The predicted molar refractivity (Wildman–Crippen MR) is 68.2 cm³/mol. The summed E-state index contributed by atoms with van der Waals surface area (Å²) < 4.78 is 2.39. The molecule has 2 aromatic heterocycles. The van der Waals surface area contributed by atoms with Crippen LogP contribution in [-0.2, 0) is 7.05 Å². The van der Waals surface area contributed by atoms with Gasteiger partial charge >= 0.3 is 0 Å². The molecule has 0 amide bonds. The Bertz CT molecular complexity index is 557. The number of aliphatic hydroxyl groups excluding tert-OH is 1. The molecule has 0 radical (unpaired) electrons. The van der Waals surface area contributed by atoms with E-state index in [1.165, 1.54) is 16.0 Å². The Morgan fingerprint density at radius 1 is 1.65 bits per heavy atom. The van der Waals surface area contributed by atoms with Crippen LogP contribution in [-0.4, -0.2) is 32.3 Å². The summed E-state index contributed by atoms with van der Waals surface area (Å²) in [5, 5.41) is 13.7. The molecule has 0 saturated heterocycles. The molecular formula is C10H10BrN3O2S. The predicted octanol–water partition coefficient (Wildman–Crippen LogP) is 1.79. The van der Waals surface area contributed by atoms with Gasteiger partial charge in [-0.05, 0) is 22.9 Å². The van der Waals surface area contributed by atoms with Gasteiger partial charge in [-0.1, -0.05) is 0 Å². The van der Waals surface area contributed by atoms with Crippen molar-refractivity contribution in [3.8, 4) is 10.6 Å². The van der Waals surface area contributed by atoms with Crippen LogP contribution in [0.4, 0.5) is 0 Å². The molecule has 17 heavy (non-hydrogen) atoms. The summed E-state index contributed by atoms with van der Waals surface area (Å²) >= 11 is 4.83. The van der Waals surface area contributed by atoms with E-state index < -0.39 is 6.61 Å². The number of hydrogen-bond acceptors (Lipinski definition) is 5. The molecule has 90 valence electrons. The van der Waals surface area contributed by atoms with Gasteiger partial charge in [-0.2, -0.15) is 5.10 Å². The van der Waals surface area contributed by atoms with Crippen LogP contribution in [0, 0.1) is 6.92 Å². The van der Waals surface area contributed by atoms with E-state index >= 15 is 0 Å². The molecule has 0 unspecified atom stereocenters. The highest BCUT2D eigenvalue weighted by Gasteiger charge is 2.20. The third kappa shape index (κ3) is 2.18. The van der Waals surface area contributed by atoms with Gasteiger partial charge in [-0.15, -0.1) is 11.3 Å². The Balaban J connectivity index is 2.56. The number of ketones is 1. The number of halogens is 1. The Labute approximate surface area is 110 Å². The van der Waals surface area contributed by atoms with Crippen LogP contribution in [0.5, 0.6) is 0 Å². The molecule has 0 fully saturated rings. The maximum Gasteiger partial charge on any atom is 0.206 e. The van der Waals surface area contributed by atoms with Gasteiger partial charge in [0.1, 0.15) is 17.3 Å². The fourth-order valence-corrected chi connectivity index (χ4v) is 2.85. The maximum absolute atomic E-state index is 11.6. The monoisotopic (exact) mass is 315 g/mol. The first kappa shape index (κ1) is 12.4. The molecule has 0 aromatic carbocycles. The molecule has 1 N–H and O–H groups in total. The summed E-state index contributed by atoms with van der Waals surface area (Å²) in [4.78, 5) is 16.0. The van der Waals surface area contributed by atoms with Gasteiger partial charge in [0.05, 0.1) is 21.2 Å². The maximum atomic E-state index is 11.6. The molecule has 0 aliphatic carbocycles. The zero-order chi connectivity index (χ0) is 12.6. The van der Waals surface area contributed by atoms with Crippen LogP contribution in [0.2, 0.25) is 0 Å². The molecule has 2 rings (SSSR count). The van der Waals surface area contributed by atoms with Crippen molar-refractivity contribution in [1.82, 2.24) is 14.8 Å². The molecule has 0 aliphatic heterocycles. The van der Waals surface area contributed by atoms with Crippen molar-refractivity contribution in [2.75, 3.05) is 6.61 Å². The highest BCUT2D eigenvalue weighted by atomic mass is 79.9. The van der Waals surface area contributed by atoms with E-state index in [1.54, 1.807) is 13.2 Å². The number of carbonyl (C=O) groups excluding carboxylic acids is 1. The lowest BCUT2D eigenvalue weighted by atomic mass is 10.2. The quantitative estimate of drug-likeness (QED) is 0.877. The fraction of sp³-hybridized carbons (Fsp3) is 0.300. The standard InChI is InChI=1S/C10H10BrN3O2S/c1-5-9(11)17-10(13-5)6-3-12-14(2)8(6)7(16)4-15/h3,15H,4H2,1-2H3. The van der Waals surface area contributed by atoms with Gasteiger partial charge in [-0.3, -0.25) is 9.48 Å². The van der Waals surface area contributed by atoms with Crippen molar-refractivity contribution in [1.29, 1.82) is 0 Å². The van der Waals surface area contributed by atoms with Crippen LogP contribution in [0.3, 0.4) is 0 Å². The molecular weight excluding hydrogens is 306 g/mol. The molecule has 5 nitrogen and oxygen atoms in total. The lowest BCUT2D eigenvalue weighted by molar-refractivity contribution is 0.0895. The minimum Gasteiger partial charge on any atom is -0.388 e. The molecule has 2 heterocycles. The van der Waals surface area contributed by atoms with Crippen LogP contribution < -0.4 is 0 Å². The average Bonchev–Trinajstić information content (AvgIpc) is 2.82.